The fourth-order valence-electron chi connectivity index (χ4n) is 3.49. The van der Waals surface area contributed by atoms with Gasteiger partial charge in [-0.15, -0.1) is 0 Å². The standard InChI is InChI=1S/C21H19ClF2N4O3S/c22-18-4-2-1-3-15(18)13-27-14-16(12-25-27)21(29)26-7-9-28(10-8-26)32(30,31)20-11-17(23)5-6-19(20)24/h1-6,11-12,14H,7-10,13H2. The number of rotatable bonds is 5. The van der Waals surface area contributed by atoms with Gasteiger partial charge >= 0.3 is 0 Å². The first kappa shape index (κ1) is 22.4. The van der Waals surface area contributed by atoms with Crippen LogP contribution >= 0.6 is 11.6 Å². The predicted molar refractivity (Wildman–Crippen MR) is 114 cm³/mol. The number of hydrogen-bond donors (Lipinski definition) is 0. The summed E-state index contributed by atoms with van der Waals surface area (Å²) in [7, 11) is -4.21. The summed E-state index contributed by atoms with van der Waals surface area (Å²) in [6, 6.07) is 9.63. The molecule has 0 saturated carbocycles. The van der Waals surface area contributed by atoms with Crippen LogP contribution in [0, 0.1) is 11.6 Å². The Kier molecular flexibility index (Phi) is 6.27. The van der Waals surface area contributed by atoms with E-state index in [1.165, 1.54) is 11.1 Å². The molecule has 0 spiro atoms. The zero-order valence-electron chi connectivity index (χ0n) is 16.8. The number of nitrogens with zero attached hydrogens (tertiary/aromatic N) is 4. The van der Waals surface area contributed by atoms with Crippen LogP contribution in [-0.2, 0) is 16.6 Å². The molecule has 1 amide bonds. The van der Waals surface area contributed by atoms with Crippen molar-refractivity contribution in [3.8, 4) is 0 Å². The highest BCUT2D eigenvalue weighted by Gasteiger charge is 2.32. The van der Waals surface area contributed by atoms with E-state index >= 15 is 0 Å². The van der Waals surface area contributed by atoms with Crippen LogP contribution < -0.4 is 0 Å². The summed E-state index contributed by atoms with van der Waals surface area (Å²) in [4.78, 5) is 13.6. The molecule has 0 bridgehead atoms. The molecule has 1 saturated heterocycles. The van der Waals surface area contributed by atoms with Gasteiger partial charge in [0.25, 0.3) is 5.91 Å². The number of carbonyl (C=O) groups is 1. The van der Waals surface area contributed by atoms with E-state index in [0.717, 1.165) is 22.0 Å². The quantitative estimate of drug-likeness (QED) is 0.562. The van der Waals surface area contributed by atoms with Crippen molar-refractivity contribution >= 4 is 27.5 Å². The largest absolute Gasteiger partial charge is 0.336 e. The molecule has 32 heavy (non-hydrogen) atoms. The number of carbonyl (C=O) groups excluding carboxylic acids is 1. The van der Waals surface area contributed by atoms with Crippen molar-refractivity contribution in [2.75, 3.05) is 26.2 Å². The van der Waals surface area contributed by atoms with Gasteiger partial charge in [0.15, 0.2) is 0 Å². The maximum absolute atomic E-state index is 14.0. The third kappa shape index (κ3) is 4.52. The van der Waals surface area contributed by atoms with E-state index in [4.69, 9.17) is 11.6 Å². The van der Waals surface area contributed by atoms with Gasteiger partial charge in [0.1, 0.15) is 16.5 Å². The predicted octanol–water partition coefficient (Wildman–Crippen LogP) is 3.01. The minimum Gasteiger partial charge on any atom is -0.336 e. The first-order valence-electron chi connectivity index (χ1n) is 9.76. The normalized spacial score (nSPS) is 15.2. The molecular formula is C21H19ClF2N4O3S. The van der Waals surface area contributed by atoms with E-state index in [-0.39, 0.29) is 32.1 Å². The molecule has 2 aromatic carbocycles. The van der Waals surface area contributed by atoms with Gasteiger partial charge in [-0.05, 0) is 29.8 Å². The average Bonchev–Trinajstić information content (AvgIpc) is 3.25. The number of piperazine rings is 1. The van der Waals surface area contributed by atoms with Crippen molar-refractivity contribution in [3.05, 3.63) is 82.6 Å². The van der Waals surface area contributed by atoms with Crippen molar-refractivity contribution < 1.29 is 22.0 Å². The summed E-state index contributed by atoms with van der Waals surface area (Å²) >= 11 is 6.16. The van der Waals surface area contributed by atoms with Gasteiger partial charge in [-0.3, -0.25) is 9.48 Å². The highest BCUT2D eigenvalue weighted by Crippen LogP contribution is 2.22. The molecule has 1 fully saturated rings. The Morgan fingerprint density at radius 3 is 2.50 bits per heavy atom. The Balaban J connectivity index is 1.41. The molecule has 0 atom stereocenters. The second kappa shape index (κ2) is 8.97. The summed E-state index contributed by atoms with van der Waals surface area (Å²) in [6.07, 6.45) is 3.06. The van der Waals surface area contributed by atoms with Gasteiger partial charge in [-0.1, -0.05) is 29.8 Å². The zero-order valence-corrected chi connectivity index (χ0v) is 18.4. The maximum atomic E-state index is 14.0. The minimum absolute atomic E-state index is 0.0300. The summed E-state index contributed by atoms with van der Waals surface area (Å²) < 4.78 is 55.5. The monoisotopic (exact) mass is 480 g/mol. The fraction of sp³-hybridized carbons (Fsp3) is 0.238. The van der Waals surface area contributed by atoms with E-state index in [1.807, 2.05) is 18.2 Å². The van der Waals surface area contributed by atoms with Gasteiger partial charge in [-0.25, -0.2) is 17.2 Å². The van der Waals surface area contributed by atoms with Crippen LogP contribution in [0.25, 0.3) is 0 Å². The smallest absolute Gasteiger partial charge is 0.257 e. The minimum atomic E-state index is -4.21. The van der Waals surface area contributed by atoms with Crippen LogP contribution in [0.15, 0.2) is 59.8 Å². The summed E-state index contributed by atoms with van der Waals surface area (Å²) in [5, 5.41) is 4.81. The fourth-order valence-corrected chi connectivity index (χ4v) is 5.18. The van der Waals surface area contributed by atoms with Crippen LogP contribution in [0.5, 0.6) is 0 Å². The molecule has 0 unspecified atom stereocenters. The number of hydrogen-bond acceptors (Lipinski definition) is 4. The first-order chi connectivity index (χ1) is 15.3. The number of benzene rings is 2. The van der Waals surface area contributed by atoms with Crippen molar-refractivity contribution in [1.29, 1.82) is 0 Å². The van der Waals surface area contributed by atoms with Crippen molar-refractivity contribution in [1.82, 2.24) is 19.0 Å². The lowest BCUT2D eigenvalue weighted by molar-refractivity contribution is 0.0697. The highest BCUT2D eigenvalue weighted by molar-refractivity contribution is 7.89. The van der Waals surface area contributed by atoms with E-state index in [2.05, 4.69) is 5.10 Å². The van der Waals surface area contributed by atoms with Crippen molar-refractivity contribution in [2.24, 2.45) is 0 Å². The Morgan fingerprint density at radius 2 is 1.78 bits per heavy atom. The summed E-state index contributed by atoms with van der Waals surface area (Å²) in [5.74, 6) is -2.15. The third-order valence-corrected chi connectivity index (χ3v) is 7.49. The molecule has 4 rings (SSSR count). The lowest BCUT2D eigenvalue weighted by Gasteiger charge is -2.33. The van der Waals surface area contributed by atoms with Crippen LogP contribution in [0.1, 0.15) is 15.9 Å². The molecule has 0 N–H and O–H groups in total. The average molecular weight is 481 g/mol. The lowest BCUT2D eigenvalue weighted by atomic mass is 10.2. The molecule has 1 aliphatic heterocycles. The molecule has 1 aliphatic rings. The Bertz CT molecular complexity index is 1260. The second-order valence-electron chi connectivity index (χ2n) is 7.29. The summed E-state index contributed by atoms with van der Waals surface area (Å²) in [6.45, 7) is 0.573. The Hall–Kier alpha value is -2.82. The van der Waals surface area contributed by atoms with E-state index < -0.39 is 26.6 Å². The van der Waals surface area contributed by atoms with Crippen LogP contribution in [0.4, 0.5) is 8.78 Å². The Morgan fingerprint density at radius 1 is 1.06 bits per heavy atom. The zero-order chi connectivity index (χ0) is 22.9. The lowest BCUT2D eigenvalue weighted by Crippen LogP contribution is -2.50. The van der Waals surface area contributed by atoms with E-state index in [1.54, 1.807) is 16.9 Å². The van der Waals surface area contributed by atoms with E-state index in [0.29, 0.717) is 23.2 Å². The SMILES string of the molecule is O=C(c1cnn(Cc2ccccc2Cl)c1)N1CCN(S(=O)(=O)c2cc(F)ccc2F)CC1. The second-order valence-corrected chi connectivity index (χ2v) is 9.60. The molecule has 0 aliphatic carbocycles. The molecule has 0 radical (unpaired) electrons. The molecule has 2 heterocycles. The first-order valence-corrected chi connectivity index (χ1v) is 11.6. The van der Waals surface area contributed by atoms with E-state index in [9.17, 15) is 22.0 Å². The van der Waals surface area contributed by atoms with Gasteiger partial charge in [0, 0.05) is 37.4 Å². The Labute approximate surface area is 188 Å². The van der Waals surface area contributed by atoms with Gasteiger partial charge < -0.3 is 4.90 Å². The molecule has 7 nitrogen and oxygen atoms in total. The van der Waals surface area contributed by atoms with Crippen molar-refractivity contribution in [2.45, 2.75) is 11.4 Å². The molecule has 11 heteroatoms. The number of aromatic nitrogens is 2. The van der Waals surface area contributed by atoms with Crippen LogP contribution in [-0.4, -0.2) is 59.5 Å². The van der Waals surface area contributed by atoms with Crippen LogP contribution in [0.2, 0.25) is 5.02 Å². The number of halogens is 3. The maximum Gasteiger partial charge on any atom is 0.257 e. The molecule has 3 aromatic rings. The van der Waals surface area contributed by atoms with Crippen molar-refractivity contribution in [3.63, 3.8) is 0 Å². The topological polar surface area (TPSA) is 75.5 Å². The van der Waals surface area contributed by atoms with Gasteiger partial charge in [0.2, 0.25) is 10.0 Å². The highest BCUT2D eigenvalue weighted by atomic mass is 35.5. The number of amides is 1. The molecule has 168 valence electrons. The summed E-state index contributed by atoms with van der Waals surface area (Å²) in [5.41, 5.74) is 1.23. The van der Waals surface area contributed by atoms with Crippen LogP contribution in [0.3, 0.4) is 0 Å². The third-order valence-electron chi connectivity index (χ3n) is 5.21. The van der Waals surface area contributed by atoms with Gasteiger partial charge in [0.05, 0.1) is 18.3 Å². The molecular weight excluding hydrogens is 462 g/mol. The molecule has 1 aromatic heterocycles. The number of sulfonamides is 1. The van der Waals surface area contributed by atoms with Gasteiger partial charge in [-0.2, -0.15) is 9.40 Å².